The molecular weight excluding hydrogens is 400 g/mol. The van der Waals surface area contributed by atoms with Gasteiger partial charge < -0.3 is 14.0 Å². The minimum Gasteiger partial charge on any atom is -0.384 e. The van der Waals surface area contributed by atoms with E-state index in [1.54, 1.807) is 12.0 Å². The number of ether oxygens (including phenoxy) is 1. The summed E-state index contributed by atoms with van der Waals surface area (Å²) >= 11 is 0. The first-order valence-corrected chi connectivity index (χ1v) is 11.5. The van der Waals surface area contributed by atoms with E-state index in [2.05, 4.69) is 34.4 Å². The summed E-state index contributed by atoms with van der Waals surface area (Å²) in [5.74, 6) is 0.534. The molecule has 0 N–H and O–H groups in total. The fourth-order valence-electron chi connectivity index (χ4n) is 4.68. The molecule has 32 heavy (non-hydrogen) atoms. The fourth-order valence-corrected chi connectivity index (χ4v) is 4.68. The number of methoxy groups -OCH3 is 1. The summed E-state index contributed by atoms with van der Waals surface area (Å²) in [5.41, 5.74) is 4.74. The lowest BCUT2D eigenvalue weighted by molar-refractivity contribution is 0.0777. The highest BCUT2D eigenvalue weighted by Gasteiger charge is 2.26. The number of fused-ring (bicyclic) bond motifs is 1. The van der Waals surface area contributed by atoms with E-state index >= 15 is 0 Å². The maximum atomic E-state index is 13.5. The van der Waals surface area contributed by atoms with Crippen LogP contribution in [0.3, 0.4) is 0 Å². The van der Waals surface area contributed by atoms with Crippen LogP contribution in [0.15, 0.2) is 48.7 Å². The molecule has 3 aromatic rings. The van der Waals surface area contributed by atoms with Crippen molar-refractivity contribution in [2.24, 2.45) is 5.92 Å². The van der Waals surface area contributed by atoms with Gasteiger partial charge in [-0.25, -0.2) is 4.98 Å². The van der Waals surface area contributed by atoms with Gasteiger partial charge in [-0.3, -0.25) is 9.69 Å². The van der Waals surface area contributed by atoms with Crippen molar-refractivity contribution in [2.75, 3.05) is 40.4 Å². The smallest absolute Gasteiger partial charge is 0.274 e. The van der Waals surface area contributed by atoms with Gasteiger partial charge in [0.2, 0.25) is 0 Å². The third kappa shape index (κ3) is 5.03. The molecule has 6 heteroatoms. The number of carbonyl (C=O) groups is 1. The van der Waals surface area contributed by atoms with Gasteiger partial charge in [0.25, 0.3) is 5.91 Å². The molecule has 0 saturated carbocycles. The quantitative estimate of drug-likeness (QED) is 0.541. The van der Waals surface area contributed by atoms with E-state index in [0.29, 0.717) is 18.2 Å². The van der Waals surface area contributed by atoms with Crippen LogP contribution in [0, 0.1) is 12.8 Å². The number of nitrogens with zero attached hydrogens (tertiary/aromatic N) is 4. The van der Waals surface area contributed by atoms with Crippen molar-refractivity contribution < 1.29 is 9.53 Å². The number of carbonyl (C=O) groups excluding carboxylic acids is 1. The molecule has 0 radical (unpaired) electrons. The molecule has 1 aliphatic rings. The van der Waals surface area contributed by atoms with Crippen LogP contribution in [0.1, 0.15) is 40.2 Å². The van der Waals surface area contributed by atoms with Crippen molar-refractivity contribution in [1.29, 1.82) is 0 Å². The van der Waals surface area contributed by atoms with Crippen LogP contribution in [0.5, 0.6) is 0 Å². The summed E-state index contributed by atoms with van der Waals surface area (Å²) in [6, 6.07) is 14.4. The van der Waals surface area contributed by atoms with Crippen molar-refractivity contribution in [3.8, 4) is 0 Å². The lowest BCUT2D eigenvalue weighted by Crippen LogP contribution is -2.37. The van der Waals surface area contributed by atoms with Crippen LogP contribution in [0.4, 0.5) is 0 Å². The Labute approximate surface area is 190 Å². The third-order valence-electron chi connectivity index (χ3n) is 6.45. The van der Waals surface area contributed by atoms with Crippen molar-refractivity contribution >= 4 is 11.6 Å². The monoisotopic (exact) mass is 434 g/mol. The van der Waals surface area contributed by atoms with E-state index in [9.17, 15) is 4.79 Å². The molecule has 170 valence electrons. The number of pyridine rings is 1. The molecule has 1 amide bonds. The van der Waals surface area contributed by atoms with Gasteiger partial charge in [0.15, 0.2) is 5.69 Å². The zero-order valence-electron chi connectivity index (χ0n) is 19.5. The molecule has 2 aromatic heterocycles. The Morgan fingerprint density at radius 1 is 1.22 bits per heavy atom. The summed E-state index contributed by atoms with van der Waals surface area (Å²) in [5, 5.41) is 0. The second-order valence-electron chi connectivity index (χ2n) is 8.95. The number of likely N-dealkylation sites (N-methyl/N-ethyl adjacent to an activating group) is 1. The Kier molecular flexibility index (Phi) is 7.22. The van der Waals surface area contributed by atoms with Gasteiger partial charge in [-0.2, -0.15) is 0 Å². The Morgan fingerprint density at radius 3 is 2.81 bits per heavy atom. The number of imidazole rings is 1. The lowest BCUT2D eigenvalue weighted by atomic mass is 9.99. The molecule has 1 aliphatic heterocycles. The molecule has 0 bridgehead atoms. The average molecular weight is 435 g/mol. The Hall–Kier alpha value is -2.70. The number of piperidine rings is 1. The number of amides is 1. The molecule has 1 saturated heterocycles. The number of likely N-dealkylation sites (tertiary alicyclic amines) is 1. The molecule has 1 unspecified atom stereocenters. The highest BCUT2D eigenvalue weighted by atomic mass is 16.5. The van der Waals surface area contributed by atoms with E-state index in [1.807, 2.05) is 37.5 Å². The number of hydrogen-bond acceptors (Lipinski definition) is 4. The minimum atomic E-state index is -0.00974. The van der Waals surface area contributed by atoms with E-state index in [4.69, 9.17) is 9.72 Å². The zero-order chi connectivity index (χ0) is 22.5. The number of aromatic nitrogens is 2. The van der Waals surface area contributed by atoms with E-state index < -0.39 is 0 Å². The van der Waals surface area contributed by atoms with Gasteiger partial charge in [0.05, 0.1) is 12.3 Å². The predicted molar refractivity (Wildman–Crippen MR) is 127 cm³/mol. The van der Waals surface area contributed by atoms with E-state index in [1.165, 1.54) is 12.0 Å². The Bertz CT molecular complexity index is 1040. The molecule has 3 heterocycles. The standard InChI is InChI=1S/C26H34N4O2/c1-20-9-7-15-30-23(18-29-14-8-12-22(17-29)19-32-3)24(27-25(20)30)26(31)28(2)16-13-21-10-5-4-6-11-21/h4-7,9-11,15,22H,8,12-14,16-19H2,1-3H3. The molecule has 0 spiro atoms. The normalized spacial score (nSPS) is 17.0. The van der Waals surface area contributed by atoms with Gasteiger partial charge in [0, 0.05) is 40.0 Å². The second-order valence-corrected chi connectivity index (χ2v) is 8.95. The largest absolute Gasteiger partial charge is 0.384 e. The van der Waals surface area contributed by atoms with Crippen LogP contribution in [-0.2, 0) is 17.7 Å². The number of benzene rings is 1. The summed E-state index contributed by atoms with van der Waals surface area (Å²) in [6.07, 6.45) is 5.21. The predicted octanol–water partition coefficient (Wildman–Crippen LogP) is 3.82. The fraction of sp³-hybridized carbons (Fsp3) is 0.462. The average Bonchev–Trinajstić information content (AvgIpc) is 3.18. The van der Waals surface area contributed by atoms with Gasteiger partial charge in [-0.15, -0.1) is 0 Å². The van der Waals surface area contributed by atoms with Crippen molar-refractivity contribution in [3.05, 3.63) is 71.2 Å². The van der Waals surface area contributed by atoms with Crippen molar-refractivity contribution in [2.45, 2.75) is 32.7 Å². The van der Waals surface area contributed by atoms with Crippen LogP contribution >= 0.6 is 0 Å². The number of hydrogen-bond donors (Lipinski definition) is 0. The lowest BCUT2D eigenvalue weighted by Gasteiger charge is -2.32. The van der Waals surface area contributed by atoms with E-state index in [0.717, 1.165) is 56.0 Å². The topological polar surface area (TPSA) is 50.1 Å². The molecule has 6 nitrogen and oxygen atoms in total. The SMILES string of the molecule is COCC1CCCN(Cc2c(C(=O)N(C)CCc3ccccc3)nc3c(C)cccn23)C1. The first-order valence-electron chi connectivity index (χ1n) is 11.5. The first kappa shape index (κ1) is 22.5. The number of aryl methyl sites for hydroxylation is 1. The zero-order valence-corrected chi connectivity index (χ0v) is 19.5. The van der Waals surface area contributed by atoms with E-state index in [-0.39, 0.29) is 5.91 Å². The summed E-state index contributed by atoms with van der Waals surface area (Å²) in [6.45, 7) is 6.25. The third-order valence-corrected chi connectivity index (χ3v) is 6.45. The van der Waals surface area contributed by atoms with Gasteiger partial charge in [0.1, 0.15) is 5.65 Å². The molecule has 1 fully saturated rings. The Morgan fingerprint density at radius 2 is 2.03 bits per heavy atom. The van der Waals surface area contributed by atoms with Gasteiger partial charge in [-0.05, 0) is 55.8 Å². The minimum absolute atomic E-state index is 0.00974. The summed E-state index contributed by atoms with van der Waals surface area (Å²) in [7, 11) is 3.65. The van der Waals surface area contributed by atoms with Crippen LogP contribution in [0.25, 0.3) is 5.65 Å². The Balaban J connectivity index is 1.57. The molecule has 1 aromatic carbocycles. The molecular formula is C26H34N4O2. The molecule has 4 rings (SSSR count). The van der Waals surface area contributed by atoms with Crippen molar-refractivity contribution in [3.63, 3.8) is 0 Å². The second kappa shape index (κ2) is 10.3. The van der Waals surface area contributed by atoms with Crippen LogP contribution in [-0.4, -0.2) is 65.5 Å². The summed E-state index contributed by atoms with van der Waals surface area (Å²) < 4.78 is 7.51. The molecule has 1 atom stereocenters. The van der Waals surface area contributed by atoms with Crippen LogP contribution in [0.2, 0.25) is 0 Å². The number of rotatable bonds is 8. The summed E-state index contributed by atoms with van der Waals surface area (Å²) in [4.78, 5) is 22.6. The molecule has 0 aliphatic carbocycles. The van der Waals surface area contributed by atoms with Gasteiger partial charge in [-0.1, -0.05) is 36.4 Å². The maximum Gasteiger partial charge on any atom is 0.274 e. The van der Waals surface area contributed by atoms with Crippen LogP contribution < -0.4 is 0 Å². The first-order chi connectivity index (χ1) is 15.6. The van der Waals surface area contributed by atoms with Gasteiger partial charge >= 0.3 is 0 Å². The van der Waals surface area contributed by atoms with Crippen molar-refractivity contribution in [1.82, 2.24) is 19.2 Å². The maximum absolute atomic E-state index is 13.5. The highest BCUT2D eigenvalue weighted by molar-refractivity contribution is 5.94. The highest BCUT2D eigenvalue weighted by Crippen LogP contribution is 2.23.